The van der Waals surface area contributed by atoms with Crippen LogP contribution in [0.2, 0.25) is 10.0 Å². The van der Waals surface area contributed by atoms with E-state index in [-0.39, 0.29) is 22.9 Å². The molecular weight excluding hydrogens is 475 g/mol. The molecule has 0 fully saturated rings. The Labute approximate surface area is 197 Å². The number of sulfonamides is 1. The van der Waals surface area contributed by atoms with Crippen molar-refractivity contribution in [3.05, 3.63) is 63.6 Å². The molecule has 7 nitrogen and oxygen atoms in total. The smallest absolute Gasteiger partial charge is 0.327 e. The molecule has 0 bridgehead atoms. The summed E-state index contributed by atoms with van der Waals surface area (Å²) >= 11 is 12.3. The highest BCUT2D eigenvalue weighted by Gasteiger charge is 2.44. The van der Waals surface area contributed by atoms with Crippen molar-refractivity contribution in [1.29, 1.82) is 0 Å². The standard InChI is InChI=1S/C22H24Cl2N2O5S/c1-2-3-11-19(22(28)29)26(32(30,31)20-16(23)9-6-10-17(20)24)21(27)18-12-14-7-4-5-8-15(14)13-25-18/h4-10,18-19,25H,2-3,11-13H2,1H3,(H,28,29)/t18-,19-/m0/s1. The average molecular weight is 499 g/mol. The Bertz CT molecular complexity index is 1100. The number of hydrogen-bond acceptors (Lipinski definition) is 5. The van der Waals surface area contributed by atoms with Gasteiger partial charge in [-0.2, -0.15) is 0 Å². The predicted octanol–water partition coefficient (Wildman–Crippen LogP) is 3.87. The summed E-state index contributed by atoms with van der Waals surface area (Å²) in [5.74, 6) is -2.26. The van der Waals surface area contributed by atoms with Gasteiger partial charge in [-0.25, -0.2) is 17.5 Å². The van der Waals surface area contributed by atoms with E-state index in [1.54, 1.807) is 0 Å². The minimum atomic E-state index is -4.66. The van der Waals surface area contributed by atoms with Crippen molar-refractivity contribution in [2.45, 2.75) is 56.1 Å². The van der Waals surface area contributed by atoms with Gasteiger partial charge in [-0.05, 0) is 36.1 Å². The zero-order chi connectivity index (χ0) is 23.5. The van der Waals surface area contributed by atoms with E-state index < -0.39 is 38.9 Å². The molecule has 2 atom stereocenters. The Kier molecular flexibility index (Phi) is 7.82. The van der Waals surface area contributed by atoms with Gasteiger partial charge in [0, 0.05) is 6.54 Å². The SMILES string of the molecule is CCCC[C@@H](C(=O)O)N(C(=O)[C@@H]1Cc2ccccc2CN1)S(=O)(=O)c1c(Cl)cccc1Cl. The van der Waals surface area contributed by atoms with Gasteiger partial charge in [-0.3, -0.25) is 4.79 Å². The third kappa shape index (κ3) is 4.93. The summed E-state index contributed by atoms with van der Waals surface area (Å²) in [6.45, 7) is 2.21. The number of amides is 1. The summed E-state index contributed by atoms with van der Waals surface area (Å²) in [6, 6.07) is 9.15. The molecule has 0 unspecified atom stereocenters. The van der Waals surface area contributed by atoms with Crippen LogP contribution in [0, 0.1) is 0 Å². The van der Waals surface area contributed by atoms with E-state index in [0.29, 0.717) is 23.7 Å². The van der Waals surface area contributed by atoms with Crippen molar-refractivity contribution in [3.63, 3.8) is 0 Å². The van der Waals surface area contributed by atoms with Gasteiger partial charge < -0.3 is 10.4 Å². The van der Waals surface area contributed by atoms with Gasteiger partial charge in [0.25, 0.3) is 15.9 Å². The fourth-order valence-corrected chi connectivity index (χ4v) is 6.49. The normalized spacial score (nSPS) is 16.8. The van der Waals surface area contributed by atoms with Crippen molar-refractivity contribution in [1.82, 2.24) is 9.62 Å². The lowest BCUT2D eigenvalue weighted by atomic mass is 9.95. The number of benzene rings is 2. The van der Waals surface area contributed by atoms with Crippen molar-refractivity contribution in [2.75, 3.05) is 0 Å². The van der Waals surface area contributed by atoms with Crippen LogP contribution >= 0.6 is 23.2 Å². The lowest BCUT2D eigenvalue weighted by Crippen LogP contribution is -2.56. The molecule has 2 N–H and O–H groups in total. The van der Waals surface area contributed by atoms with E-state index >= 15 is 0 Å². The summed E-state index contributed by atoms with van der Waals surface area (Å²) in [5, 5.41) is 12.6. The second-order valence-corrected chi connectivity index (χ2v) is 10.2. The van der Waals surface area contributed by atoms with Gasteiger partial charge >= 0.3 is 5.97 Å². The molecule has 2 aromatic carbocycles. The molecule has 0 aliphatic carbocycles. The second kappa shape index (κ2) is 10.2. The van der Waals surface area contributed by atoms with Crippen LogP contribution < -0.4 is 5.32 Å². The van der Waals surface area contributed by atoms with E-state index in [4.69, 9.17) is 23.2 Å². The highest BCUT2D eigenvalue weighted by molar-refractivity contribution is 7.90. The Balaban J connectivity index is 2.08. The maximum Gasteiger partial charge on any atom is 0.327 e. The number of hydrogen-bond donors (Lipinski definition) is 2. The minimum absolute atomic E-state index is 0.0256. The van der Waals surface area contributed by atoms with Crippen molar-refractivity contribution in [3.8, 4) is 0 Å². The molecule has 0 aromatic heterocycles. The first-order chi connectivity index (χ1) is 15.2. The highest BCUT2D eigenvalue weighted by atomic mass is 35.5. The quantitative estimate of drug-likeness (QED) is 0.572. The number of carboxylic acid groups (broad SMARTS) is 1. The molecule has 10 heteroatoms. The zero-order valence-electron chi connectivity index (χ0n) is 17.4. The topological polar surface area (TPSA) is 104 Å². The second-order valence-electron chi connectivity index (χ2n) is 7.59. The molecule has 0 spiro atoms. The number of nitrogens with one attached hydrogen (secondary N) is 1. The summed E-state index contributed by atoms with van der Waals surface area (Å²) in [6.07, 6.45) is 1.26. The maximum absolute atomic E-state index is 13.7. The van der Waals surface area contributed by atoms with Crippen LogP contribution in [0.4, 0.5) is 0 Å². The highest BCUT2D eigenvalue weighted by Crippen LogP contribution is 2.34. The summed E-state index contributed by atoms with van der Waals surface area (Å²) in [7, 11) is -4.66. The van der Waals surface area contributed by atoms with Crippen molar-refractivity contribution in [2.24, 2.45) is 0 Å². The molecule has 0 radical (unpaired) electrons. The molecule has 1 aliphatic heterocycles. The molecule has 0 saturated carbocycles. The molecule has 0 saturated heterocycles. The van der Waals surface area contributed by atoms with Crippen LogP contribution in [0.3, 0.4) is 0 Å². The predicted molar refractivity (Wildman–Crippen MR) is 122 cm³/mol. The Morgan fingerprint density at radius 1 is 1.12 bits per heavy atom. The molecule has 3 rings (SSSR count). The largest absolute Gasteiger partial charge is 0.480 e. The fourth-order valence-electron chi connectivity index (χ4n) is 3.79. The van der Waals surface area contributed by atoms with E-state index in [9.17, 15) is 23.1 Å². The third-order valence-corrected chi connectivity index (χ3v) is 8.19. The molecule has 1 amide bonds. The van der Waals surface area contributed by atoms with Crippen LogP contribution in [0.25, 0.3) is 0 Å². The van der Waals surface area contributed by atoms with Gasteiger partial charge in [-0.15, -0.1) is 0 Å². The third-order valence-electron chi connectivity index (χ3n) is 5.43. The first-order valence-electron chi connectivity index (χ1n) is 10.2. The first kappa shape index (κ1) is 24.5. The minimum Gasteiger partial charge on any atom is -0.480 e. The molecule has 172 valence electrons. The first-order valence-corrected chi connectivity index (χ1v) is 12.4. The fraction of sp³-hybridized carbons (Fsp3) is 0.364. The summed E-state index contributed by atoms with van der Waals surface area (Å²) < 4.78 is 27.8. The maximum atomic E-state index is 13.7. The van der Waals surface area contributed by atoms with Gasteiger partial charge in [-0.1, -0.05) is 73.3 Å². The Morgan fingerprint density at radius 3 is 2.34 bits per heavy atom. The van der Waals surface area contributed by atoms with E-state index in [0.717, 1.165) is 11.1 Å². The number of fused-ring (bicyclic) bond motifs is 1. The van der Waals surface area contributed by atoms with E-state index in [1.165, 1.54) is 18.2 Å². The van der Waals surface area contributed by atoms with E-state index in [1.807, 2.05) is 31.2 Å². The zero-order valence-corrected chi connectivity index (χ0v) is 19.8. The van der Waals surface area contributed by atoms with Crippen LogP contribution in [0.15, 0.2) is 47.4 Å². The number of unbranched alkanes of at least 4 members (excludes halogenated alkanes) is 1. The Hall–Kier alpha value is -2.13. The lowest BCUT2D eigenvalue weighted by Gasteiger charge is -2.34. The molecule has 1 heterocycles. The lowest BCUT2D eigenvalue weighted by molar-refractivity contribution is -0.147. The average Bonchev–Trinajstić information content (AvgIpc) is 2.75. The van der Waals surface area contributed by atoms with Crippen LogP contribution in [-0.2, 0) is 32.6 Å². The summed E-state index contributed by atoms with van der Waals surface area (Å²) in [5.41, 5.74) is 1.90. The number of carboxylic acids is 1. The van der Waals surface area contributed by atoms with E-state index in [2.05, 4.69) is 5.32 Å². The van der Waals surface area contributed by atoms with Crippen molar-refractivity contribution < 1.29 is 23.1 Å². The molecule has 1 aliphatic rings. The van der Waals surface area contributed by atoms with Crippen LogP contribution in [0.1, 0.15) is 37.3 Å². The number of halogens is 2. The monoisotopic (exact) mass is 498 g/mol. The van der Waals surface area contributed by atoms with Gasteiger partial charge in [0.2, 0.25) is 0 Å². The van der Waals surface area contributed by atoms with Crippen LogP contribution in [0.5, 0.6) is 0 Å². The Morgan fingerprint density at radius 2 is 1.75 bits per heavy atom. The summed E-state index contributed by atoms with van der Waals surface area (Å²) in [4.78, 5) is 25.3. The van der Waals surface area contributed by atoms with Gasteiger partial charge in [0.1, 0.15) is 10.9 Å². The number of nitrogens with zero attached hydrogens (tertiary/aromatic N) is 1. The number of carbonyl (C=O) groups is 2. The molecule has 32 heavy (non-hydrogen) atoms. The van der Waals surface area contributed by atoms with Crippen LogP contribution in [-0.4, -0.2) is 41.8 Å². The number of carbonyl (C=O) groups excluding carboxylic acids is 1. The molecular formula is C22H24Cl2N2O5S. The number of rotatable bonds is 8. The number of aliphatic carboxylic acids is 1. The van der Waals surface area contributed by atoms with Gasteiger partial charge in [0.05, 0.1) is 16.1 Å². The van der Waals surface area contributed by atoms with Crippen molar-refractivity contribution >= 4 is 45.1 Å². The van der Waals surface area contributed by atoms with Gasteiger partial charge in [0.15, 0.2) is 0 Å². The molecule has 2 aromatic rings.